The summed E-state index contributed by atoms with van der Waals surface area (Å²) in [4.78, 5) is 30.2. The summed E-state index contributed by atoms with van der Waals surface area (Å²) in [5.41, 5.74) is 4.14. The molecule has 0 radical (unpaired) electrons. The molecule has 1 aromatic carbocycles. The Hall–Kier alpha value is -2.96. The number of imidazole rings is 1. The molecule has 1 aliphatic rings. The molecule has 3 rings (SSSR count). The Morgan fingerprint density at radius 3 is 2.90 bits per heavy atom. The predicted octanol–water partition coefficient (Wildman–Crippen LogP) is 1.28. The van der Waals surface area contributed by atoms with Crippen LogP contribution in [0.5, 0.6) is 0 Å². The van der Waals surface area contributed by atoms with Crippen molar-refractivity contribution in [2.75, 3.05) is 5.32 Å². The molecule has 0 fully saturated rings. The summed E-state index contributed by atoms with van der Waals surface area (Å²) in [6.07, 6.45) is 4.02. The number of carbonyl (C=O) groups is 2. The molecule has 2 amide bonds. The molecular weight excluding hydrogens is 270 g/mol. The summed E-state index contributed by atoms with van der Waals surface area (Å²) < 4.78 is 0. The Labute approximate surface area is 120 Å². The number of hydrogen-bond acceptors (Lipinski definition) is 4. The van der Waals surface area contributed by atoms with E-state index in [-0.39, 0.29) is 18.2 Å². The quantitative estimate of drug-likeness (QED) is 0.791. The third kappa shape index (κ3) is 2.97. The number of benzene rings is 1. The van der Waals surface area contributed by atoms with Gasteiger partial charge in [0.25, 0.3) is 5.91 Å². The van der Waals surface area contributed by atoms with E-state index >= 15 is 0 Å². The molecule has 3 N–H and O–H groups in total. The van der Waals surface area contributed by atoms with Gasteiger partial charge in [-0.2, -0.15) is 5.10 Å². The maximum absolute atomic E-state index is 12.1. The van der Waals surface area contributed by atoms with Crippen molar-refractivity contribution >= 4 is 23.2 Å². The van der Waals surface area contributed by atoms with E-state index in [1.165, 1.54) is 0 Å². The lowest BCUT2D eigenvalue weighted by atomic mass is 10.1. The molecule has 0 unspecified atom stereocenters. The van der Waals surface area contributed by atoms with Gasteiger partial charge in [0.15, 0.2) is 0 Å². The lowest BCUT2D eigenvalue weighted by molar-refractivity contribution is -0.121. The highest BCUT2D eigenvalue weighted by molar-refractivity contribution is 6.43. The van der Waals surface area contributed by atoms with E-state index in [1.54, 1.807) is 18.5 Å². The lowest BCUT2D eigenvalue weighted by Crippen LogP contribution is -2.32. The van der Waals surface area contributed by atoms with Crippen molar-refractivity contribution in [2.45, 2.75) is 12.8 Å². The van der Waals surface area contributed by atoms with Gasteiger partial charge in [-0.25, -0.2) is 10.4 Å². The third-order valence-corrected chi connectivity index (χ3v) is 3.06. The number of carbonyl (C=O) groups excluding carboxylic acids is 2. The second kappa shape index (κ2) is 5.58. The Balaban J connectivity index is 1.75. The van der Waals surface area contributed by atoms with E-state index < -0.39 is 0 Å². The number of hydrogen-bond donors (Lipinski definition) is 3. The van der Waals surface area contributed by atoms with Gasteiger partial charge in [0, 0.05) is 36.5 Å². The smallest absolute Gasteiger partial charge is 0.271 e. The van der Waals surface area contributed by atoms with E-state index in [0.717, 1.165) is 11.4 Å². The van der Waals surface area contributed by atoms with Gasteiger partial charge in [0.2, 0.25) is 5.91 Å². The van der Waals surface area contributed by atoms with Crippen LogP contribution >= 0.6 is 0 Å². The number of aromatic amines is 1. The van der Waals surface area contributed by atoms with Crippen LogP contribution in [0.4, 0.5) is 5.69 Å². The fourth-order valence-electron chi connectivity index (χ4n) is 2.01. The van der Waals surface area contributed by atoms with E-state index in [2.05, 4.69) is 25.8 Å². The van der Waals surface area contributed by atoms with E-state index in [9.17, 15) is 9.59 Å². The topological polar surface area (TPSA) is 99.2 Å². The second-order valence-corrected chi connectivity index (χ2v) is 4.57. The summed E-state index contributed by atoms with van der Waals surface area (Å²) in [6, 6.07) is 7.33. The molecule has 0 spiro atoms. The van der Waals surface area contributed by atoms with Crippen LogP contribution in [0.3, 0.4) is 0 Å². The molecule has 2 heterocycles. The second-order valence-electron chi connectivity index (χ2n) is 4.57. The average Bonchev–Trinajstić information content (AvgIpc) is 3.02. The van der Waals surface area contributed by atoms with Crippen molar-refractivity contribution < 1.29 is 9.59 Å². The van der Waals surface area contributed by atoms with Crippen LogP contribution in [-0.4, -0.2) is 27.5 Å². The van der Waals surface area contributed by atoms with Crippen molar-refractivity contribution in [3.63, 3.8) is 0 Å². The minimum atomic E-state index is -0.313. The highest BCUT2D eigenvalue weighted by Gasteiger charge is 2.18. The van der Waals surface area contributed by atoms with Crippen LogP contribution in [0.1, 0.15) is 12.8 Å². The van der Waals surface area contributed by atoms with E-state index in [0.29, 0.717) is 17.8 Å². The highest BCUT2D eigenvalue weighted by Crippen LogP contribution is 2.19. The summed E-state index contributed by atoms with van der Waals surface area (Å²) in [5.74, 6) is 0.242. The lowest BCUT2D eigenvalue weighted by Gasteiger charge is -2.12. The van der Waals surface area contributed by atoms with Crippen LogP contribution in [0.2, 0.25) is 0 Å². The normalized spacial score (nSPS) is 14.3. The van der Waals surface area contributed by atoms with Crippen molar-refractivity contribution in [1.82, 2.24) is 15.4 Å². The van der Waals surface area contributed by atoms with Crippen molar-refractivity contribution in [3.8, 4) is 11.4 Å². The predicted molar refractivity (Wildman–Crippen MR) is 77.5 cm³/mol. The van der Waals surface area contributed by atoms with Crippen molar-refractivity contribution in [1.29, 1.82) is 0 Å². The van der Waals surface area contributed by atoms with Crippen molar-refractivity contribution in [2.24, 2.45) is 5.10 Å². The SMILES string of the molecule is O=C1CCC(C(=O)Nc2cccc(-c3ncc[nH]3)c2)=NN1. The molecule has 21 heavy (non-hydrogen) atoms. The van der Waals surface area contributed by atoms with Crippen molar-refractivity contribution in [3.05, 3.63) is 36.7 Å². The Bertz CT molecular complexity index is 706. The minimum absolute atomic E-state index is 0.175. The van der Waals surface area contributed by atoms with Gasteiger partial charge in [-0.3, -0.25) is 9.59 Å². The molecule has 0 bridgehead atoms. The number of hydrazone groups is 1. The molecule has 1 aromatic heterocycles. The van der Waals surface area contributed by atoms with Gasteiger partial charge in [-0.15, -0.1) is 0 Å². The number of anilines is 1. The van der Waals surface area contributed by atoms with Crippen LogP contribution in [0.25, 0.3) is 11.4 Å². The fourth-order valence-corrected chi connectivity index (χ4v) is 2.01. The molecule has 0 saturated carbocycles. The zero-order chi connectivity index (χ0) is 14.7. The van der Waals surface area contributed by atoms with Gasteiger partial charge >= 0.3 is 0 Å². The maximum Gasteiger partial charge on any atom is 0.271 e. The monoisotopic (exact) mass is 283 g/mol. The van der Waals surface area contributed by atoms with Gasteiger partial charge in [0.05, 0.1) is 0 Å². The number of nitrogens with zero attached hydrogens (tertiary/aromatic N) is 2. The first-order valence-electron chi connectivity index (χ1n) is 6.49. The highest BCUT2D eigenvalue weighted by atomic mass is 16.2. The van der Waals surface area contributed by atoms with E-state index in [4.69, 9.17) is 0 Å². The fraction of sp³-hybridized carbons (Fsp3) is 0.143. The van der Waals surface area contributed by atoms with Crippen LogP contribution in [0, 0.1) is 0 Å². The zero-order valence-corrected chi connectivity index (χ0v) is 11.1. The largest absolute Gasteiger partial charge is 0.345 e. The van der Waals surface area contributed by atoms with E-state index in [1.807, 2.05) is 18.2 Å². The molecule has 106 valence electrons. The number of H-pyrrole nitrogens is 1. The zero-order valence-electron chi connectivity index (χ0n) is 11.1. The first kappa shape index (κ1) is 13.0. The summed E-state index contributed by atoms with van der Waals surface area (Å²) in [5, 5.41) is 6.53. The number of aromatic nitrogens is 2. The van der Waals surface area contributed by atoms with Crippen LogP contribution < -0.4 is 10.7 Å². The standard InChI is InChI=1S/C14H13N5O2/c20-12-5-4-11(18-19-12)14(21)17-10-3-1-2-9(8-10)13-15-6-7-16-13/h1-3,6-8H,4-5H2,(H,15,16)(H,17,21)(H,19,20). The molecule has 0 saturated heterocycles. The van der Waals surface area contributed by atoms with Gasteiger partial charge < -0.3 is 10.3 Å². The Kier molecular flexibility index (Phi) is 3.46. The number of amides is 2. The first-order valence-corrected chi connectivity index (χ1v) is 6.49. The van der Waals surface area contributed by atoms with Gasteiger partial charge in [-0.1, -0.05) is 12.1 Å². The molecule has 0 aliphatic carbocycles. The summed E-state index contributed by atoms with van der Waals surface area (Å²) >= 11 is 0. The number of rotatable bonds is 3. The molecule has 7 nitrogen and oxygen atoms in total. The van der Waals surface area contributed by atoms with Crippen LogP contribution in [0.15, 0.2) is 41.8 Å². The van der Waals surface area contributed by atoms with Gasteiger partial charge in [-0.05, 0) is 12.1 Å². The Morgan fingerprint density at radius 2 is 2.19 bits per heavy atom. The Morgan fingerprint density at radius 1 is 1.29 bits per heavy atom. The first-order chi connectivity index (χ1) is 10.2. The third-order valence-electron chi connectivity index (χ3n) is 3.06. The molecule has 7 heteroatoms. The molecule has 1 aliphatic heterocycles. The molecule has 2 aromatic rings. The maximum atomic E-state index is 12.1. The minimum Gasteiger partial charge on any atom is -0.345 e. The van der Waals surface area contributed by atoms with Gasteiger partial charge in [0.1, 0.15) is 11.5 Å². The van der Waals surface area contributed by atoms with Crippen LogP contribution in [-0.2, 0) is 9.59 Å². The molecule has 0 atom stereocenters. The molecular formula is C14H13N5O2. The summed E-state index contributed by atoms with van der Waals surface area (Å²) in [7, 11) is 0. The summed E-state index contributed by atoms with van der Waals surface area (Å²) in [6.45, 7) is 0. The number of nitrogens with one attached hydrogen (secondary N) is 3. The average molecular weight is 283 g/mol.